The molecule has 0 amide bonds. The van der Waals surface area contributed by atoms with Crippen LogP contribution in [0.1, 0.15) is 30.6 Å². The lowest BCUT2D eigenvalue weighted by atomic mass is 10.1. The van der Waals surface area contributed by atoms with Gasteiger partial charge in [-0.05, 0) is 38.5 Å². The molecular formula is C16H24N2O3. The van der Waals surface area contributed by atoms with Gasteiger partial charge < -0.3 is 20.1 Å². The molecule has 5 nitrogen and oxygen atoms in total. The fourth-order valence-corrected chi connectivity index (χ4v) is 2.49. The highest BCUT2D eigenvalue weighted by molar-refractivity contribution is 5.90. The second kappa shape index (κ2) is 8.00. The molecule has 0 bridgehead atoms. The summed E-state index contributed by atoms with van der Waals surface area (Å²) in [5.41, 5.74) is 1.51. The summed E-state index contributed by atoms with van der Waals surface area (Å²) in [5, 5.41) is 6.87. The van der Waals surface area contributed by atoms with Gasteiger partial charge in [-0.15, -0.1) is 0 Å². The minimum Gasteiger partial charge on any atom is -0.462 e. The van der Waals surface area contributed by atoms with E-state index in [9.17, 15) is 4.79 Å². The second-order valence-corrected chi connectivity index (χ2v) is 5.31. The molecule has 2 atom stereocenters. The zero-order valence-electron chi connectivity index (χ0n) is 12.7. The van der Waals surface area contributed by atoms with Crippen molar-refractivity contribution >= 4 is 11.7 Å². The van der Waals surface area contributed by atoms with E-state index in [0.29, 0.717) is 24.3 Å². The number of ether oxygens (including phenoxy) is 2. The van der Waals surface area contributed by atoms with E-state index in [1.807, 2.05) is 18.2 Å². The van der Waals surface area contributed by atoms with E-state index in [1.54, 1.807) is 13.0 Å². The normalized spacial score (nSPS) is 19.8. The van der Waals surface area contributed by atoms with Gasteiger partial charge in [-0.25, -0.2) is 4.79 Å². The van der Waals surface area contributed by atoms with E-state index in [-0.39, 0.29) is 5.97 Å². The zero-order valence-corrected chi connectivity index (χ0v) is 12.7. The van der Waals surface area contributed by atoms with Crippen molar-refractivity contribution in [2.75, 3.05) is 31.7 Å². The first-order valence-electron chi connectivity index (χ1n) is 7.54. The Balaban J connectivity index is 1.89. The van der Waals surface area contributed by atoms with E-state index in [4.69, 9.17) is 9.47 Å². The lowest BCUT2D eigenvalue weighted by Crippen LogP contribution is -2.43. The molecule has 1 saturated heterocycles. The van der Waals surface area contributed by atoms with Crippen LogP contribution in [0, 0.1) is 0 Å². The first-order chi connectivity index (χ1) is 10.2. The van der Waals surface area contributed by atoms with Crippen LogP contribution in [0.15, 0.2) is 24.3 Å². The molecule has 0 aromatic heterocycles. The van der Waals surface area contributed by atoms with Crippen LogP contribution >= 0.6 is 0 Å². The summed E-state index contributed by atoms with van der Waals surface area (Å²) < 4.78 is 10.5. The molecule has 1 fully saturated rings. The maximum atomic E-state index is 11.7. The summed E-state index contributed by atoms with van der Waals surface area (Å²) in [6, 6.07) is 8.10. The molecular weight excluding hydrogens is 268 g/mol. The lowest BCUT2D eigenvalue weighted by Gasteiger charge is -2.27. The molecule has 1 aromatic carbocycles. The molecule has 1 aliphatic heterocycles. The monoisotopic (exact) mass is 292 g/mol. The van der Waals surface area contributed by atoms with Crippen molar-refractivity contribution in [3.8, 4) is 0 Å². The van der Waals surface area contributed by atoms with Gasteiger partial charge in [-0.2, -0.15) is 0 Å². The maximum absolute atomic E-state index is 11.7. The SMILES string of the molecule is CCOC(=O)c1cccc(NC(C)CC2COCCN2)c1. The van der Waals surface area contributed by atoms with Crippen LogP contribution in [0.5, 0.6) is 0 Å². The minimum atomic E-state index is -0.281. The predicted molar refractivity (Wildman–Crippen MR) is 82.7 cm³/mol. The summed E-state index contributed by atoms with van der Waals surface area (Å²) in [7, 11) is 0. The van der Waals surface area contributed by atoms with Gasteiger partial charge >= 0.3 is 5.97 Å². The Hall–Kier alpha value is -1.59. The Kier molecular flexibility index (Phi) is 6.02. The molecule has 21 heavy (non-hydrogen) atoms. The average Bonchev–Trinajstić information content (AvgIpc) is 2.48. The second-order valence-electron chi connectivity index (χ2n) is 5.31. The molecule has 2 unspecified atom stereocenters. The Morgan fingerprint density at radius 3 is 3.14 bits per heavy atom. The first kappa shape index (κ1) is 15.8. The topological polar surface area (TPSA) is 59.6 Å². The van der Waals surface area contributed by atoms with Gasteiger partial charge in [0.2, 0.25) is 0 Å². The third-order valence-electron chi connectivity index (χ3n) is 3.42. The largest absolute Gasteiger partial charge is 0.462 e. The minimum absolute atomic E-state index is 0.281. The lowest BCUT2D eigenvalue weighted by molar-refractivity contribution is 0.0526. The number of benzene rings is 1. The van der Waals surface area contributed by atoms with Gasteiger partial charge in [0.15, 0.2) is 0 Å². The smallest absolute Gasteiger partial charge is 0.338 e. The van der Waals surface area contributed by atoms with Crippen molar-refractivity contribution in [1.29, 1.82) is 0 Å². The van der Waals surface area contributed by atoms with E-state index in [1.165, 1.54) is 0 Å². The van der Waals surface area contributed by atoms with Gasteiger partial charge in [0.1, 0.15) is 0 Å². The zero-order chi connectivity index (χ0) is 15.1. The number of esters is 1. The van der Waals surface area contributed by atoms with Gasteiger partial charge in [-0.1, -0.05) is 6.07 Å². The van der Waals surface area contributed by atoms with Crippen molar-refractivity contribution in [2.45, 2.75) is 32.4 Å². The van der Waals surface area contributed by atoms with Gasteiger partial charge in [0, 0.05) is 24.3 Å². The molecule has 0 radical (unpaired) electrons. The van der Waals surface area contributed by atoms with Crippen LogP contribution in [0.2, 0.25) is 0 Å². The van der Waals surface area contributed by atoms with Crippen LogP contribution in [0.3, 0.4) is 0 Å². The van der Waals surface area contributed by atoms with Crippen LogP contribution < -0.4 is 10.6 Å². The maximum Gasteiger partial charge on any atom is 0.338 e. The summed E-state index contributed by atoms with van der Waals surface area (Å²) in [6.45, 7) is 6.79. The molecule has 0 aliphatic carbocycles. The molecule has 0 saturated carbocycles. The molecule has 116 valence electrons. The standard InChI is InChI=1S/C16H24N2O3/c1-3-21-16(19)13-5-4-6-14(10-13)18-12(2)9-15-11-20-8-7-17-15/h4-6,10,12,15,17-18H,3,7-9,11H2,1-2H3. The van der Waals surface area contributed by atoms with Crippen molar-refractivity contribution in [1.82, 2.24) is 5.32 Å². The Morgan fingerprint density at radius 2 is 2.43 bits per heavy atom. The number of carbonyl (C=O) groups excluding carboxylic acids is 1. The number of rotatable bonds is 6. The highest BCUT2D eigenvalue weighted by atomic mass is 16.5. The van der Waals surface area contributed by atoms with E-state index < -0.39 is 0 Å². The van der Waals surface area contributed by atoms with Gasteiger partial charge in [0.25, 0.3) is 0 Å². The number of carbonyl (C=O) groups is 1. The highest BCUT2D eigenvalue weighted by Crippen LogP contribution is 2.15. The fraction of sp³-hybridized carbons (Fsp3) is 0.562. The summed E-state index contributed by atoms with van der Waals surface area (Å²) in [4.78, 5) is 11.7. The Morgan fingerprint density at radius 1 is 1.57 bits per heavy atom. The quantitative estimate of drug-likeness (QED) is 0.786. The van der Waals surface area contributed by atoms with Crippen molar-refractivity contribution in [2.24, 2.45) is 0 Å². The molecule has 2 N–H and O–H groups in total. The molecule has 1 heterocycles. The average molecular weight is 292 g/mol. The van der Waals surface area contributed by atoms with Crippen LogP contribution in [0.4, 0.5) is 5.69 Å². The van der Waals surface area contributed by atoms with E-state index in [2.05, 4.69) is 17.6 Å². The van der Waals surface area contributed by atoms with Crippen molar-refractivity contribution in [3.63, 3.8) is 0 Å². The number of hydrogen-bond donors (Lipinski definition) is 2. The molecule has 2 rings (SSSR count). The molecule has 1 aliphatic rings. The number of morpholine rings is 1. The summed E-state index contributed by atoms with van der Waals surface area (Å²) in [5.74, 6) is -0.281. The predicted octanol–water partition coefficient (Wildman–Crippen LogP) is 2.04. The first-order valence-corrected chi connectivity index (χ1v) is 7.54. The van der Waals surface area contributed by atoms with E-state index in [0.717, 1.165) is 31.9 Å². The van der Waals surface area contributed by atoms with Crippen LogP contribution in [-0.2, 0) is 9.47 Å². The van der Waals surface area contributed by atoms with E-state index >= 15 is 0 Å². The Labute approximate surface area is 126 Å². The van der Waals surface area contributed by atoms with Gasteiger partial charge in [0.05, 0.1) is 25.4 Å². The summed E-state index contributed by atoms with van der Waals surface area (Å²) in [6.07, 6.45) is 0.976. The number of anilines is 1. The number of hydrogen-bond acceptors (Lipinski definition) is 5. The van der Waals surface area contributed by atoms with Crippen molar-refractivity contribution in [3.05, 3.63) is 29.8 Å². The third-order valence-corrected chi connectivity index (χ3v) is 3.42. The summed E-state index contributed by atoms with van der Waals surface area (Å²) >= 11 is 0. The van der Waals surface area contributed by atoms with Gasteiger partial charge in [-0.3, -0.25) is 0 Å². The molecule has 5 heteroatoms. The fourth-order valence-electron chi connectivity index (χ4n) is 2.49. The van der Waals surface area contributed by atoms with Crippen molar-refractivity contribution < 1.29 is 14.3 Å². The van der Waals surface area contributed by atoms with Crippen LogP contribution in [-0.4, -0.2) is 44.4 Å². The highest BCUT2D eigenvalue weighted by Gasteiger charge is 2.16. The molecule has 1 aromatic rings. The van der Waals surface area contributed by atoms with Crippen LogP contribution in [0.25, 0.3) is 0 Å². The molecule has 0 spiro atoms. The Bertz CT molecular complexity index is 459. The number of nitrogens with one attached hydrogen (secondary N) is 2. The third kappa shape index (κ3) is 5.02.